The van der Waals surface area contributed by atoms with E-state index in [9.17, 15) is 0 Å². The van der Waals surface area contributed by atoms with Gasteiger partial charge in [0.25, 0.3) is 0 Å². The number of ether oxygens (including phenoxy) is 1. The molecule has 0 amide bonds. The lowest BCUT2D eigenvalue weighted by molar-refractivity contribution is 0.0947. The maximum absolute atomic E-state index is 5.36. The highest BCUT2D eigenvalue weighted by Crippen LogP contribution is 2.38. The number of hydrogen-bond donors (Lipinski definition) is 0. The molecule has 0 radical (unpaired) electrons. The molecular weight excluding hydrogens is 100 g/mol. The van der Waals surface area contributed by atoms with E-state index < -0.39 is 0 Å². The second-order valence-electron chi connectivity index (χ2n) is 2.75. The summed E-state index contributed by atoms with van der Waals surface area (Å²) >= 11 is 0. The molecule has 0 aromatic carbocycles. The third-order valence-electron chi connectivity index (χ3n) is 2.15. The topological polar surface area (TPSA) is 9.23 Å². The Labute approximate surface area is 49.3 Å². The van der Waals surface area contributed by atoms with Gasteiger partial charge in [0.05, 0.1) is 12.7 Å². The maximum atomic E-state index is 5.36. The molecule has 2 unspecified atom stereocenters. The third kappa shape index (κ3) is 0.451. The summed E-state index contributed by atoms with van der Waals surface area (Å²) in [6.07, 6.45) is 2.93. The zero-order valence-corrected chi connectivity index (χ0v) is 4.89. The van der Waals surface area contributed by atoms with Crippen LogP contribution in [0, 0.1) is 5.92 Å². The van der Waals surface area contributed by atoms with Gasteiger partial charge in [-0.2, -0.15) is 0 Å². The lowest BCUT2D eigenvalue weighted by atomic mass is 10.1. The van der Waals surface area contributed by atoms with Crippen LogP contribution < -0.4 is 0 Å². The second-order valence-corrected chi connectivity index (χ2v) is 2.75. The highest BCUT2D eigenvalue weighted by molar-refractivity contribution is 5.12. The van der Waals surface area contributed by atoms with Gasteiger partial charge in [-0.3, -0.25) is 0 Å². The van der Waals surface area contributed by atoms with E-state index >= 15 is 0 Å². The fraction of sp³-hybridized carbons (Fsp3) is 0.714. The smallest absolute Gasteiger partial charge is 0.0619 e. The van der Waals surface area contributed by atoms with Gasteiger partial charge in [0.15, 0.2) is 0 Å². The Bertz CT molecular complexity index is 128. The van der Waals surface area contributed by atoms with E-state index in [0.717, 1.165) is 18.9 Å². The van der Waals surface area contributed by atoms with Crippen molar-refractivity contribution in [3.05, 3.63) is 12.2 Å². The van der Waals surface area contributed by atoms with E-state index in [1.165, 1.54) is 12.0 Å². The van der Waals surface area contributed by atoms with Crippen LogP contribution in [-0.2, 0) is 4.74 Å². The van der Waals surface area contributed by atoms with Gasteiger partial charge in [-0.25, -0.2) is 0 Å². The molecule has 1 aliphatic carbocycles. The van der Waals surface area contributed by atoms with Crippen LogP contribution in [-0.4, -0.2) is 12.7 Å². The Morgan fingerprint density at radius 2 is 2.50 bits per heavy atom. The summed E-state index contributed by atoms with van der Waals surface area (Å²) in [6, 6.07) is 0. The van der Waals surface area contributed by atoms with Gasteiger partial charge in [0.1, 0.15) is 0 Å². The predicted octanol–water partition coefficient (Wildman–Crippen LogP) is 1.35. The van der Waals surface area contributed by atoms with Crippen molar-refractivity contribution >= 4 is 0 Å². The molecule has 1 saturated heterocycles. The zero-order valence-electron chi connectivity index (χ0n) is 4.89. The summed E-state index contributed by atoms with van der Waals surface area (Å²) in [6.45, 7) is 4.90. The highest BCUT2D eigenvalue weighted by Gasteiger charge is 2.34. The third-order valence-corrected chi connectivity index (χ3v) is 2.15. The first-order valence-corrected chi connectivity index (χ1v) is 3.15. The van der Waals surface area contributed by atoms with Crippen LogP contribution in [0.5, 0.6) is 0 Å². The quantitative estimate of drug-likeness (QED) is 0.428. The minimum atomic E-state index is 0.549. The highest BCUT2D eigenvalue weighted by atomic mass is 16.5. The molecule has 0 aromatic rings. The molecule has 0 spiro atoms. The second kappa shape index (κ2) is 1.35. The van der Waals surface area contributed by atoms with Crippen molar-refractivity contribution in [2.45, 2.75) is 18.9 Å². The van der Waals surface area contributed by atoms with Gasteiger partial charge in [-0.1, -0.05) is 12.2 Å². The molecule has 2 rings (SSSR count). The summed E-state index contributed by atoms with van der Waals surface area (Å²) in [5.74, 6) is 0.722. The Morgan fingerprint density at radius 3 is 2.75 bits per heavy atom. The number of rotatable bonds is 0. The van der Waals surface area contributed by atoms with Crippen molar-refractivity contribution in [3.63, 3.8) is 0 Å². The van der Waals surface area contributed by atoms with E-state index in [-0.39, 0.29) is 0 Å². The van der Waals surface area contributed by atoms with Gasteiger partial charge >= 0.3 is 0 Å². The molecule has 1 nitrogen and oxygen atoms in total. The lowest BCUT2D eigenvalue weighted by Gasteiger charge is -2.11. The van der Waals surface area contributed by atoms with E-state index in [2.05, 4.69) is 6.58 Å². The van der Waals surface area contributed by atoms with Crippen molar-refractivity contribution in [1.82, 2.24) is 0 Å². The average Bonchev–Trinajstić information content (AvgIpc) is 2.23. The zero-order chi connectivity index (χ0) is 5.56. The van der Waals surface area contributed by atoms with Crippen molar-refractivity contribution in [3.8, 4) is 0 Å². The lowest BCUT2D eigenvalue weighted by Crippen LogP contribution is -2.07. The normalized spacial score (nSPS) is 43.8. The predicted molar refractivity (Wildman–Crippen MR) is 31.6 cm³/mol. The summed E-state index contributed by atoms with van der Waals surface area (Å²) in [4.78, 5) is 0. The van der Waals surface area contributed by atoms with Crippen LogP contribution in [0.25, 0.3) is 0 Å². The van der Waals surface area contributed by atoms with Crippen LogP contribution in [0.2, 0.25) is 0 Å². The van der Waals surface area contributed by atoms with E-state index in [1.54, 1.807) is 0 Å². The largest absolute Gasteiger partial charge is 0.377 e. The molecule has 0 aromatic heterocycles. The van der Waals surface area contributed by atoms with E-state index in [4.69, 9.17) is 4.74 Å². The first-order valence-electron chi connectivity index (χ1n) is 3.15. The molecule has 2 bridgehead atoms. The van der Waals surface area contributed by atoms with Crippen molar-refractivity contribution in [2.24, 2.45) is 5.92 Å². The molecular formula is C7H10O. The summed E-state index contributed by atoms with van der Waals surface area (Å²) in [5.41, 5.74) is 1.42. The molecule has 2 atom stereocenters. The van der Waals surface area contributed by atoms with Gasteiger partial charge in [0, 0.05) is 5.92 Å². The molecule has 1 heterocycles. The molecule has 2 aliphatic rings. The van der Waals surface area contributed by atoms with Crippen LogP contribution in [0.1, 0.15) is 12.8 Å². The monoisotopic (exact) mass is 110 g/mol. The SMILES string of the molecule is C=C1CC2CC1CO2. The Hall–Kier alpha value is -0.300. The van der Waals surface area contributed by atoms with E-state index in [0.29, 0.717) is 6.10 Å². The molecule has 8 heavy (non-hydrogen) atoms. The minimum absolute atomic E-state index is 0.549. The molecule has 1 saturated carbocycles. The Morgan fingerprint density at radius 1 is 1.62 bits per heavy atom. The average molecular weight is 110 g/mol. The van der Waals surface area contributed by atoms with Gasteiger partial charge in [-0.15, -0.1) is 0 Å². The Kier molecular flexibility index (Phi) is 0.770. The number of fused-ring (bicyclic) bond motifs is 2. The number of hydrogen-bond acceptors (Lipinski definition) is 1. The van der Waals surface area contributed by atoms with Crippen molar-refractivity contribution in [1.29, 1.82) is 0 Å². The standard InChI is InChI=1S/C7H10O/c1-5-2-7-3-6(5)4-8-7/h6-7H,1-4H2. The van der Waals surface area contributed by atoms with Crippen molar-refractivity contribution < 1.29 is 4.74 Å². The fourth-order valence-corrected chi connectivity index (χ4v) is 1.59. The van der Waals surface area contributed by atoms with Crippen molar-refractivity contribution in [2.75, 3.05) is 6.61 Å². The summed E-state index contributed by atoms with van der Waals surface area (Å²) in [5, 5.41) is 0. The van der Waals surface area contributed by atoms with E-state index in [1.807, 2.05) is 0 Å². The molecule has 1 aliphatic heterocycles. The Balaban J connectivity index is 2.22. The van der Waals surface area contributed by atoms with Crippen LogP contribution in [0.15, 0.2) is 12.2 Å². The van der Waals surface area contributed by atoms with Gasteiger partial charge in [0.2, 0.25) is 0 Å². The molecule has 0 N–H and O–H groups in total. The molecule has 1 heteroatoms. The fourth-order valence-electron chi connectivity index (χ4n) is 1.59. The van der Waals surface area contributed by atoms with Crippen LogP contribution in [0.3, 0.4) is 0 Å². The maximum Gasteiger partial charge on any atom is 0.0619 e. The first kappa shape index (κ1) is 4.57. The summed E-state index contributed by atoms with van der Waals surface area (Å²) < 4.78 is 5.36. The minimum Gasteiger partial charge on any atom is -0.377 e. The first-order chi connectivity index (χ1) is 3.86. The summed E-state index contributed by atoms with van der Waals surface area (Å²) in [7, 11) is 0. The van der Waals surface area contributed by atoms with Crippen LogP contribution in [0.4, 0.5) is 0 Å². The van der Waals surface area contributed by atoms with Gasteiger partial charge in [-0.05, 0) is 12.8 Å². The molecule has 2 fully saturated rings. The van der Waals surface area contributed by atoms with Crippen LogP contribution >= 0.6 is 0 Å². The van der Waals surface area contributed by atoms with Gasteiger partial charge < -0.3 is 4.74 Å². The molecule has 44 valence electrons.